The van der Waals surface area contributed by atoms with Gasteiger partial charge in [-0.25, -0.2) is 4.79 Å². The molecule has 0 spiro atoms. The van der Waals surface area contributed by atoms with E-state index >= 15 is 0 Å². The highest BCUT2D eigenvalue weighted by Gasteiger charge is 2.25. The third kappa shape index (κ3) is 6.32. The molecule has 19 heavy (non-hydrogen) atoms. The van der Waals surface area contributed by atoms with Gasteiger partial charge in [0, 0.05) is 6.04 Å². The van der Waals surface area contributed by atoms with Crippen LogP contribution in [0.3, 0.4) is 0 Å². The fourth-order valence-corrected chi connectivity index (χ4v) is 2.06. The number of amides is 1. The van der Waals surface area contributed by atoms with Gasteiger partial charge in [-0.3, -0.25) is 0 Å². The van der Waals surface area contributed by atoms with E-state index in [-0.39, 0.29) is 18.2 Å². The highest BCUT2D eigenvalue weighted by molar-refractivity contribution is 5.68. The average molecular weight is 267 g/mol. The topological polar surface area (TPSA) is 47.6 Å². The number of carbonyl (C=O) groups excluding carboxylic acids is 1. The van der Waals surface area contributed by atoms with E-state index in [1.807, 2.05) is 20.8 Å². The Labute approximate surface area is 115 Å². The molecule has 0 aromatic rings. The highest BCUT2D eigenvalue weighted by Crippen LogP contribution is 2.23. The fraction of sp³-hybridized carbons (Fsp3) is 0.667. The Morgan fingerprint density at radius 1 is 1.26 bits per heavy atom. The molecule has 0 heterocycles. The van der Waals surface area contributed by atoms with Gasteiger partial charge in [-0.15, -0.1) is 0 Å². The summed E-state index contributed by atoms with van der Waals surface area (Å²) in [6.45, 7) is 12.9. The van der Waals surface area contributed by atoms with Crippen molar-refractivity contribution in [2.45, 2.75) is 64.2 Å². The minimum absolute atomic E-state index is 0.173. The van der Waals surface area contributed by atoms with Crippen LogP contribution in [-0.2, 0) is 9.47 Å². The fourth-order valence-electron chi connectivity index (χ4n) is 2.06. The van der Waals surface area contributed by atoms with Gasteiger partial charge in [0.15, 0.2) is 0 Å². The highest BCUT2D eigenvalue weighted by atomic mass is 16.6. The van der Waals surface area contributed by atoms with E-state index in [2.05, 4.69) is 18.5 Å². The first-order valence-electron chi connectivity index (χ1n) is 6.77. The third-order valence-corrected chi connectivity index (χ3v) is 2.94. The lowest BCUT2D eigenvalue weighted by molar-refractivity contribution is 0.0436. The number of hydrogen-bond acceptors (Lipinski definition) is 3. The molecule has 4 nitrogen and oxygen atoms in total. The number of rotatable bonds is 4. The van der Waals surface area contributed by atoms with Gasteiger partial charge in [-0.2, -0.15) is 0 Å². The number of alkyl carbamates (subject to hydrolysis) is 1. The Bertz CT molecular complexity index is 336. The average Bonchev–Trinajstić information content (AvgIpc) is 2.29. The summed E-state index contributed by atoms with van der Waals surface area (Å²) in [5.74, 6) is 0.614. The Hall–Kier alpha value is -1.45. The van der Waals surface area contributed by atoms with Crippen LogP contribution in [0.15, 0.2) is 25.0 Å². The maximum absolute atomic E-state index is 11.6. The Morgan fingerprint density at radius 3 is 2.32 bits per heavy atom. The molecule has 108 valence electrons. The lowest BCUT2D eigenvalue weighted by atomic mass is 9.93. The Balaban J connectivity index is 2.28. The van der Waals surface area contributed by atoms with Gasteiger partial charge in [0.2, 0.25) is 0 Å². The molecule has 0 saturated heterocycles. The number of nitrogens with one attached hydrogen (secondary N) is 1. The van der Waals surface area contributed by atoms with E-state index < -0.39 is 5.60 Å². The SMILES string of the molecule is C=CC(=C)OC1CCC(NC(=O)OC(C)(C)C)CC1. The number of carbonyl (C=O) groups is 1. The predicted molar refractivity (Wildman–Crippen MR) is 75.8 cm³/mol. The van der Waals surface area contributed by atoms with Crippen LogP contribution in [0, 0.1) is 0 Å². The molecule has 0 bridgehead atoms. The zero-order chi connectivity index (χ0) is 14.5. The summed E-state index contributed by atoms with van der Waals surface area (Å²) in [4.78, 5) is 11.6. The molecular formula is C15H25NO3. The summed E-state index contributed by atoms with van der Waals surface area (Å²) >= 11 is 0. The van der Waals surface area contributed by atoms with E-state index in [4.69, 9.17) is 9.47 Å². The van der Waals surface area contributed by atoms with Gasteiger partial charge in [0.05, 0.1) is 6.10 Å². The van der Waals surface area contributed by atoms with Crippen LogP contribution >= 0.6 is 0 Å². The van der Waals surface area contributed by atoms with E-state index in [1.54, 1.807) is 6.08 Å². The quantitative estimate of drug-likeness (QED) is 0.626. The predicted octanol–water partition coefficient (Wildman–Crippen LogP) is 3.54. The van der Waals surface area contributed by atoms with Crippen molar-refractivity contribution in [3.8, 4) is 0 Å². The van der Waals surface area contributed by atoms with Gasteiger partial charge in [-0.1, -0.05) is 13.2 Å². The minimum Gasteiger partial charge on any atom is -0.491 e. The molecule has 4 heteroatoms. The van der Waals surface area contributed by atoms with Crippen LogP contribution in [0.25, 0.3) is 0 Å². The molecular weight excluding hydrogens is 242 g/mol. The first kappa shape index (κ1) is 15.6. The lowest BCUT2D eigenvalue weighted by Gasteiger charge is -2.30. The van der Waals surface area contributed by atoms with Crippen LogP contribution in [0.1, 0.15) is 46.5 Å². The third-order valence-electron chi connectivity index (χ3n) is 2.94. The van der Waals surface area contributed by atoms with Crippen LogP contribution < -0.4 is 5.32 Å². The zero-order valence-corrected chi connectivity index (χ0v) is 12.2. The summed E-state index contributed by atoms with van der Waals surface area (Å²) in [5, 5.41) is 2.90. The van der Waals surface area contributed by atoms with Crippen LogP contribution in [0.4, 0.5) is 4.79 Å². The molecule has 0 radical (unpaired) electrons. The van der Waals surface area contributed by atoms with E-state index in [0.29, 0.717) is 5.76 Å². The van der Waals surface area contributed by atoms with Crippen LogP contribution in [-0.4, -0.2) is 23.8 Å². The molecule has 1 saturated carbocycles. The van der Waals surface area contributed by atoms with Gasteiger partial charge in [0.25, 0.3) is 0 Å². The largest absolute Gasteiger partial charge is 0.491 e. The molecule has 0 aromatic heterocycles. The summed E-state index contributed by atoms with van der Waals surface area (Å²) in [6, 6.07) is 0.173. The van der Waals surface area contributed by atoms with Crippen molar-refractivity contribution < 1.29 is 14.3 Å². The van der Waals surface area contributed by atoms with Gasteiger partial charge in [-0.05, 0) is 52.5 Å². The van der Waals surface area contributed by atoms with Crippen molar-refractivity contribution in [2.24, 2.45) is 0 Å². The van der Waals surface area contributed by atoms with Gasteiger partial charge < -0.3 is 14.8 Å². The standard InChI is InChI=1S/C15H25NO3/c1-6-11(2)18-13-9-7-12(8-10-13)16-14(17)19-15(3,4)5/h6,12-13H,1-2,7-10H2,3-5H3,(H,16,17). The molecule has 0 unspecified atom stereocenters. The molecule has 1 rings (SSSR count). The first-order chi connectivity index (χ1) is 8.80. The van der Waals surface area contributed by atoms with Crippen molar-refractivity contribution in [3.63, 3.8) is 0 Å². The summed E-state index contributed by atoms with van der Waals surface area (Å²) < 4.78 is 10.9. The molecule has 0 atom stereocenters. The normalized spacial score (nSPS) is 23.3. The maximum atomic E-state index is 11.6. The monoisotopic (exact) mass is 267 g/mol. The second kappa shape index (κ2) is 6.64. The second-order valence-corrected chi connectivity index (χ2v) is 5.91. The Morgan fingerprint density at radius 2 is 1.84 bits per heavy atom. The van der Waals surface area contributed by atoms with Crippen LogP contribution in [0.2, 0.25) is 0 Å². The number of hydrogen-bond donors (Lipinski definition) is 1. The number of allylic oxidation sites excluding steroid dienone is 1. The van der Waals surface area contributed by atoms with Crippen molar-refractivity contribution in [2.75, 3.05) is 0 Å². The molecule has 0 aromatic carbocycles. The molecule has 1 aliphatic carbocycles. The maximum Gasteiger partial charge on any atom is 0.407 e. The zero-order valence-electron chi connectivity index (χ0n) is 12.2. The van der Waals surface area contributed by atoms with Crippen molar-refractivity contribution in [3.05, 3.63) is 25.0 Å². The lowest BCUT2D eigenvalue weighted by Crippen LogP contribution is -2.41. The second-order valence-electron chi connectivity index (χ2n) is 5.91. The van der Waals surface area contributed by atoms with Crippen LogP contribution in [0.5, 0.6) is 0 Å². The summed E-state index contributed by atoms with van der Waals surface area (Å²) in [6.07, 6.45) is 5.07. The summed E-state index contributed by atoms with van der Waals surface area (Å²) in [5.41, 5.74) is -0.452. The van der Waals surface area contributed by atoms with Crippen molar-refractivity contribution in [1.29, 1.82) is 0 Å². The van der Waals surface area contributed by atoms with Gasteiger partial charge >= 0.3 is 6.09 Å². The molecule has 1 N–H and O–H groups in total. The summed E-state index contributed by atoms with van der Waals surface area (Å²) in [7, 11) is 0. The Kier molecular flexibility index (Phi) is 5.45. The molecule has 1 aliphatic rings. The van der Waals surface area contributed by atoms with E-state index in [1.165, 1.54) is 0 Å². The van der Waals surface area contributed by atoms with Crippen molar-refractivity contribution in [1.82, 2.24) is 5.32 Å². The van der Waals surface area contributed by atoms with E-state index in [0.717, 1.165) is 25.7 Å². The molecule has 1 amide bonds. The number of ether oxygens (including phenoxy) is 2. The van der Waals surface area contributed by atoms with Gasteiger partial charge in [0.1, 0.15) is 11.4 Å². The first-order valence-corrected chi connectivity index (χ1v) is 6.77. The molecule has 1 fully saturated rings. The minimum atomic E-state index is -0.452. The molecule has 0 aliphatic heterocycles. The van der Waals surface area contributed by atoms with E-state index in [9.17, 15) is 4.79 Å². The van der Waals surface area contributed by atoms with Crippen molar-refractivity contribution >= 4 is 6.09 Å². The smallest absolute Gasteiger partial charge is 0.407 e.